The standard InChI is InChI=1S/C16H8BrClF3N3OS/c17-11-5-9(6-12(18)7-11)13(25)22-15-24-23-14(26-15)8-2-1-3-10(4-8)16(19,20)21/h1-7H,(H,22,24,25). The Balaban J connectivity index is 1.81. The Morgan fingerprint density at radius 1 is 1.15 bits per heavy atom. The van der Waals surface area contributed by atoms with E-state index in [4.69, 9.17) is 11.6 Å². The maximum Gasteiger partial charge on any atom is 0.416 e. The number of alkyl halides is 3. The van der Waals surface area contributed by atoms with Gasteiger partial charge in [-0.25, -0.2) is 0 Å². The highest BCUT2D eigenvalue weighted by Gasteiger charge is 2.30. The van der Waals surface area contributed by atoms with E-state index in [-0.39, 0.29) is 15.7 Å². The molecule has 0 fully saturated rings. The Morgan fingerprint density at radius 3 is 2.62 bits per heavy atom. The summed E-state index contributed by atoms with van der Waals surface area (Å²) in [6.45, 7) is 0. The fourth-order valence-electron chi connectivity index (χ4n) is 2.07. The second kappa shape index (κ2) is 7.34. The summed E-state index contributed by atoms with van der Waals surface area (Å²) in [5, 5.41) is 11.0. The minimum Gasteiger partial charge on any atom is -0.296 e. The van der Waals surface area contributed by atoms with E-state index >= 15 is 0 Å². The molecule has 0 aliphatic carbocycles. The lowest BCUT2D eigenvalue weighted by molar-refractivity contribution is -0.137. The van der Waals surface area contributed by atoms with Crippen LogP contribution < -0.4 is 5.32 Å². The second-order valence-corrected chi connectivity index (χ2v) is 7.43. The molecule has 0 saturated heterocycles. The number of halogens is 5. The van der Waals surface area contributed by atoms with Gasteiger partial charge >= 0.3 is 6.18 Å². The number of amides is 1. The number of nitrogens with zero attached hydrogens (tertiary/aromatic N) is 2. The van der Waals surface area contributed by atoms with Gasteiger partial charge in [-0.2, -0.15) is 13.2 Å². The van der Waals surface area contributed by atoms with Gasteiger partial charge < -0.3 is 0 Å². The Hall–Kier alpha value is -1.97. The average Bonchev–Trinajstić information content (AvgIpc) is 3.02. The van der Waals surface area contributed by atoms with Gasteiger partial charge in [0.1, 0.15) is 5.01 Å². The Morgan fingerprint density at radius 2 is 1.92 bits per heavy atom. The molecule has 0 unspecified atom stereocenters. The van der Waals surface area contributed by atoms with Crippen LogP contribution in [0.1, 0.15) is 15.9 Å². The van der Waals surface area contributed by atoms with Gasteiger partial charge in [0.2, 0.25) is 5.13 Å². The first-order valence-corrected chi connectivity index (χ1v) is 9.00. The molecule has 3 rings (SSSR count). The smallest absolute Gasteiger partial charge is 0.296 e. The first kappa shape index (κ1) is 18.8. The van der Waals surface area contributed by atoms with Crippen LogP contribution in [0.25, 0.3) is 10.6 Å². The lowest BCUT2D eigenvalue weighted by Gasteiger charge is -2.06. The van der Waals surface area contributed by atoms with Gasteiger partial charge in [-0.1, -0.05) is 51.0 Å². The Bertz CT molecular complexity index is 957. The summed E-state index contributed by atoms with van der Waals surface area (Å²) < 4.78 is 39.1. The van der Waals surface area contributed by atoms with Crippen LogP contribution in [0.3, 0.4) is 0 Å². The molecular weight excluding hydrogens is 455 g/mol. The highest BCUT2D eigenvalue weighted by Crippen LogP contribution is 2.33. The number of hydrogen-bond donors (Lipinski definition) is 1. The number of anilines is 1. The van der Waals surface area contributed by atoms with Crippen LogP contribution in [0.15, 0.2) is 46.9 Å². The Kier molecular flexibility index (Phi) is 5.31. The lowest BCUT2D eigenvalue weighted by atomic mass is 10.1. The molecule has 4 nitrogen and oxygen atoms in total. The molecule has 3 aromatic rings. The molecule has 0 bridgehead atoms. The summed E-state index contributed by atoms with van der Waals surface area (Å²) >= 11 is 10.1. The molecule has 0 atom stereocenters. The third-order valence-electron chi connectivity index (χ3n) is 3.21. The molecule has 2 aromatic carbocycles. The number of aromatic nitrogens is 2. The predicted molar refractivity (Wildman–Crippen MR) is 97.5 cm³/mol. The summed E-state index contributed by atoms with van der Waals surface area (Å²) in [4.78, 5) is 12.2. The minimum atomic E-state index is -4.45. The summed E-state index contributed by atoms with van der Waals surface area (Å²) in [6.07, 6.45) is -4.45. The minimum absolute atomic E-state index is 0.165. The predicted octanol–water partition coefficient (Wildman–Crippen LogP) is 5.89. The molecule has 1 aromatic heterocycles. The SMILES string of the molecule is O=C(Nc1nnc(-c2cccc(C(F)(F)F)c2)s1)c1cc(Cl)cc(Br)c1. The van der Waals surface area contributed by atoms with Gasteiger partial charge in [0.25, 0.3) is 5.91 Å². The highest BCUT2D eigenvalue weighted by atomic mass is 79.9. The van der Waals surface area contributed by atoms with E-state index in [1.165, 1.54) is 18.2 Å². The van der Waals surface area contributed by atoms with Crippen molar-refractivity contribution in [1.82, 2.24) is 10.2 Å². The highest BCUT2D eigenvalue weighted by molar-refractivity contribution is 9.10. The van der Waals surface area contributed by atoms with E-state index in [0.717, 1.165) is 23.5 Å². The van der Waals surface area contributed by atoms with Crippen molar-refractivity contribution in [3.05, 3.63) is 63.1 Å². The van der Waals surface area contributed by atoms with Gasteiger partial charge in [0, 0.05) is 20.6 Å². The zero-order chi connectivity index (χ0) is 18.9. The van der Waals surface area contributed by atoms with Crippen LogP contribution in [-0.2, 0) is 6.18 Å². The van der Waals surface area contributed by atoms with Crippen molar-refractivity contribution >= 4 is 49.9 Å². The van der Waals surface area contributed by atoms with E-state index in [1.807, 2.05) is 0 Å². The maximum absolute atomic E-state index is 12.8. The summed E-state index contributed by atoms with van der Waals surface area (Å²) in [6, 6.07) is 9.45. The van der Waals surface area contributed by atoms with E-state index in [2.05, 4.69) is 31.4 Å². The summed E-state index contributed by atoms with van der Waals surface area (Å²) in [5.74, 6) is -0.458. The summed E-state index contributed by atoms with van der Waals surface area (Å²) in [5.41, 5.74) is -0.205. The van der Waals surface area contributed by atoms with Gasteiger partial charge in [-0.15, -0.1) is 10.2 Å². The normalized spacial score (nSPS) is 11.4. The van der Waals surface area contributed by atoms with Crippen LogP contribution in [-0.4, -0.2) is 16.1 Å². The lowest BCUT2D eigenvalue weighted by Crippen LogP contribution is -2.11. The van der Waals surface area contributed by atoms with Crippen LogP contribution in [0.2, 0.25) is 5.02 Å². The van der Waals surface area contributed by atoms with Gasteiger partial charge in [0.15, 0.2) is 0 Å². The second-order valence-electron chi connectivity index (χ2n) is 5.10. The first-order valence-electron chi connectivity index (χ1n) is 7.01. The van der Waals surface area contributed by atoms with Crippen molar-refractivity contribution in [1.29, 1.82) is 0 Å². The Labute approximate surface area is 163 Å². The fraction of sp³-hybridized carbons (Fsp3) is 0.0625. The van der Waals surface area contributed by atoms with E-state index in [9.17, 15) is 18.0 Å². The molecule has 134 valence electrons. The molecule has 1 amide bonds. The monoisotopic (exact) mass is 461 g/mol. The number of carbonyl (C=O) groups excluding carboxylic acids is 1. The van der Waals surface area contributed by atoms with Crippen molar-refractivity contribution in [3.63, 3.8) is 0 Å². The molecule has 26 heavy (non-hydrogen) atoms. The van der Waals surface area contributed by atoms with Crippen molar-refractivity contribution < 1.29 is 18.0 Å². The van der Waals surface area contributed by atoms with Crippen molar-refractivity contribution in [2.24, 2.45) is 0 Å². The molecule has 1 N–H and O–H groups in total. The fourth-order valence-corrected chi connectivity index (χ4v) is 3.67. The maximum atomic E-state index is 12.8. The van der Waals surface area contributed by atoms with Crippen LogP contribution >= 0.6 is 38.9 Å². The third kappa shape index (κ3) is 4.40. The number of carbonyl (C=O) groups is 1. The molecule has 1 heterocycles. The zero-order valence-electron chi connectivity index (χ0n) is 12.6. The molecule has 0 saturated carbocycles. The number of rotatable bonds is 3. The molecule has 0 aliphatic heterocycles. The molecule has 0 aliphatic rings. The third-order valence-corrected chi connectivity index (χ3v) is 4.77. The quantitative estimate of drug-likeness (QED) is 0.528. The number of hydrogen-bond acceptors (Lipinski definition) is 4. The average molecular weight is 463 g/mol. The molecule has 0 radical (unpaired) electrons. The first-order chi connectivity index (χ1) is 12.2. The molecule has 10 heteroatoms. The van der Waals surface area contributed by atoms with Crippen LogP contribution in [0.5, 0.6) is 0 Å². The zero-order valence-corrected chi connectivity index (χ0v) is 15.8. The van der Waals surface area contributed by atoms with Crippen molar-refractivity contribution in [2.45, 2.75) is 6.18 Å². The van der Waals surface area contributed by atoms with Crippen molar-refractivity contribution in [3.8, 4) is 10.6 Å². The molecular formula is C16H8BrClF3N3OS. The number of benzene rings is 2. The molecule has 0 spiro atoms. The van der Waals surface area contributed by atoms with E-state index in [0.29, 0.717) is 15.1 Å². The van der Waals surface area contributed by atoms with Crippen LogP contribution in [0, 0.1) is 0 Å². The largest absolute Gasteiger partial charge is 0.416 e. The topological polar surface area (TPSA) is 54.9 Å². The van der Waals surface area contributed by atoms with E-state index in [1.54, 1.807) is 12.1 Å². The van der Waals surface area contributed by atoms with Gasteiger partial charge in [-0.05, 0) is 30.3 Å². The summed E-state index contributed by atoms with van der Waals surface area (Å²) in [7, 11) is 0. The van der Waals surface area contributed by atoms with Crippen LogP contribution in [0.4, 0.5) is 18.3 Å². The van der Waals surface area contributed by atoms with Crippen molar-refractivity contribution in [2.75, 3.05) is 5.32 Å². The van der Waals surface area contributed by atoms with E-state index < -0.39 is 17.6 Å². The number of nitrogens with one attached hydrogen (secondary N) is 1. The van der Waals surface area contributed by atoms with Gasteiger partial charge in [0.05, 0.1) is 5.56 Å². The van der Waals surface area contributed by atoms with Gasteiger partial charge in [-0.3, -0.25) is 10.1 Å².